The van der Waals surface area contributed by atoms with Crippen LogP contribution in [0.25, 0.3) is 0 Å². The number of carbonyl (C=O) groups is 1. The molecular formula is C8H6FNOS. The molecule has 0 bridgehead atoms. The van der Waals surface area contributed by atoms with Crippen LogP contribution in [-0.4, -0.2) is 11.7 Å². The Morgan fingerprint density at radius 2 is 2.33 bits per heavy atom. The standard InChI is InChI=1S/C8H6FNOS/c9-5-1-2-6-7(3-5)12-4-8(11)10-6/h1-3H,4H2,(H,10,11). The zero-order valence-electron chi connectivity index (χ0n) is 6.13. The molecular weight excluding hydrogens is 177 g/mol. The minimum Gasteiger partial charge on any atom is -0.324 e. The average molecular weight is 183 g/mol. The minimum absolute atomic E-state index is 0.0286. The van der Waals surface area contributed by atoms with Gasteiger partial charge < -0.3 is 5.32 Å². The van der Waals surface area contributed by atoms with Crippen LogP contribution in [0.2, 0.25) is 0 Å². The number of thioether (sulfide) groups is 1. The van der Waals surface area contributed by atoms with Crippen molar-refractivity contribution >= 4 is 23.4 Å². The SMILES string of the molecule is O=C1CSc2cc(F)ccc2N1. The van der Waals surface area contributed by atoms with Crippen molar-refractivity contribution in [3.8, 4) is 0 Å². The highest BCUT2D eigenvalue weighted by Crippen LogP contribution is 2.31. The molecule has 1 heterocycles. The molecule has 12 heavy (non-hydrogen) atoms. The smallest absolute Gasteiger partial charge is 0.234 e. The van der Waals surface area contributed by atoms with E-state index in [1.807, 2.05) is 0 Å². The number of hydrogen-bond donors (Lipinski definition) is 1. The second-order valence-electron chi connectivity index (χ2n) is 2.48. The molecule has 0 aliphatic carbocycles. The third-order valence-corrected chi connectivity index (χ3v) is 2.63. The molecule has 0 spiro atoms. The molecule has 0 saturated heterocycles. The van der Waals surface area contributed by atoms with E-state index < -0.39 is 0 Å². The molecule has 0 unspecified atom stereocenters. The third kappa shape index (κ3) is 1.30. The molecule has 0 fully saturated rings. The number of benzene rings is 1. The van der Waals surface area contributed by atoms with Gasteiger partial charge in [-0.25, -0.2) is 4.39 Å². The van der Waals surface area contributed by atoms with Crippen LogP contribution in [0, 0.1) is 5.82 Å². The van der Waals surface area contributed by atoms with Gasteiger partial charge in [0.05, 0.1) is 11.4 Å². The summed E-state index contributed by atoms with van der Waals surface area (Å²) in [6, 6.07) is 4.35. The van der Waals surface area contributed by atoms with Gasteiger partial charge in [0.25, 0.3) is 0 Å². The molecule has 1 aliphatic heterocycles. The van der Waals surface area contributed by atoms with Crippen LogP contribution < -0.4 is 5.32 Å². The van der Waals surface area contributed by atoms with Crippen molar-refractivity contribution in [2.24, 2.45) is 0 Å². The summed E-state index contributed by atoms with van der Waals surface area (Å²) in [4.78, 5) is 11.7. The first-order valence-corrected chi connectivity index (χ1v) is 4.46. The summed E-state index contributed by atoms with van der Waals surface area (Å²) >= 11 is 1.36. The predicted molar refractivity (Wildman–Crippen MR) is 45.8 cm³/mol. The topological polar surface area (TPSA) is 29.1 Å². The molecule has 1 aromatic rings. The summed E-state index contributed by atoms with van der Waals surface area (Å²) in [6.07, 6.45) is 0. The summed E-state index contributed by atoms with van der Waals surface area (Å²) < 4.78 is 12.7. The van der Waals surface area contributed by atoms with Gasteiger partial charge in [0.1, 0.15) is 5.82 Å². The number of nitrogens with one attached hydrogen (secondary N) is 1. The first-order valence-electron chi connectivity index (χ1n) is 3.48. The number of halogens is 1. The first kappa shape index (κ1) is 7.61. The lowest BCUT2D eigenvalue weighted by Gasteiger charge is -2.15. The van der Waals surface area contributed by atoms with Gasteiger partial charge >= 0.3 is 0 Å². The Hall–Kier alpha value is -1.03. The second kappa shape index (κ2) is 2.79. The summed E-state index contributed by atoms with van der Waals surface area (Å²) in [5, 5.41) is 2.66. The van der Waals surface area contributed by atoms with Crippen molar-refractivity contribution in [1.82, 2.24) is 0 Å². The summed E-state index contributed by atoms with van der Waals surface area (Å²) in [5.74, 6) is 0.0766. The fraction of sp³-hybridized carbons (Fsp3) is 0.125. The molecule has 1 N–H and O–H groups in total. The van der Waals surface area contributed by atoms with E-state index in [0.29, 0.717) is 11.4 Å². The number of fused-ring (bicyclic) bond motifs is 1. The molecule has 2 rings (SSSR count). The molecule has 0 saturated carbocycles. The largest absolute Gasteiger partial charge is 0.324 e. The van der Waals surface area contributed by atoms with Crippen molar-refractivity contribution in [1.29, 1.82) is 0 Å². The number of rotatable bonds is 0. The first-order chi connectivity index (χ1) is 5.75. The maximum Gasteiger partial charge on any atom is 0.234 e. The van der Waals surface area contributed by atoms with E-state index in [-0.39, 0.29) is 11.7 Å². The van der Waals surface area contributed by atoms with E-state index in [1.165, 1.54) is 23.9 Å². The maximum absolute atomic E-state index is 12.7. The highest BCUT2D eigenvalue weighted by Gasteiger charge is 2.14. The molecule has 1 amide bonds. The van der Waals surface area contributed by atoms with E-state index in [0.717, 1.165) is 4.90 Å². The molecule has 1 aromatic carbocycles. The Kier molecular flexibility index (Phi) is 1.77. The summed E-state index contributed by atoms with van der Waals surface area (Å²) in [7, 11) is 0. The van der Waals surface area contributed by atoms with Gasteiger partial charge in [0.2, 0.25) is 5.91 Å². The second-order valence-corrected chi connectivity index (χ2v) is 3.49. The molecule has 0 atom stereocenters. The fourth-order valence-electron chi connectivity index (χ4n) is 1.05. The number of amides is 1. The number of anilines is 1. The van der Waals surface area contributed by atoms with Crippen molar-refractivity contribution in [3.05, 3.63) is 24.0 Å². The minimum atomic E-state index is -0.266. The van der Waals surface area contributed by atoms with Crippen LogP contribution in [0.15, 0.2) is 23.1 Å². The van der Waals surface area contributed by atoms with Gasteiger partial charge in [-0.05, 0) is 18.2 Å². The summed E-state index contributed by atoms with van der Waals surface area (Å²) in [6.45, 7) is 0. The number of carbonyl (C=O) groups excluding carboxylic acids is 1. The lowest BCUT2D eigenvalue weighted by molar-refractivity contribution is -0.113. The van der Waals surface area contributed by atoms with Crippen molar-refractivity contribution < 1.29 is 9.18 Å². The Morgan fingerprint density at radius 1 is 1.50 bits per heavy atom. The van der Waals surface area contributed by atoms with Gasteiger partial charge in [-0.1, -0.05) is 0 Å². The third-order valence-electron chi connectivity index (χ3n) is 1.58. The van der Waals surface area contributed by atoms with Crippen LogP contribution in [0.3, 0.4) is 0 Å². The molecule has 62 valence electrons. The molecule has 0 radical (unpaired) electrons. The van der Waals surface area contributed by atoms with Crippen LogP contribution >= 0.6 is 11.8 Å². The van der Waals surface area contributed by atoms with Crippen molar-refractivity contribution in [3.63, 3.8) is 0 Å². The molecule has 0 aromatic heterocycles. The zero-order chi connectivity index (χ0) is 8.55. The van der Waals surface area contributed by atoms with Gasteiger partial charge in [-0.3, -0.25) is 4.79 Å². The van der Waals surface area contributed by atoms with E-state index in [9.17, 15) is 9.18 Å². The van der Waals surface area contributed by atoms with E-state index in [4.69, 9.17) is 0 Å². The summed E-state index contributed by atoms with van der Waals surface area (Å²) in [5.41, 5.74) is 0.706. The Bertz CT molecular complexity index is 340. The monoisotopic (exact) mass is 183 g/mol. The zero-order valence-corrected chi connectivity index (χ0v) is 6.95. The van der Waals surface area contributed by atoms with Crippen LogP contribution in [-0.2, 0) is 4.79 Å². The lowest BCUT2D eigenvalue weighted by Crippen LogP contribution is -2.18. The Labute approximate surface area is 73.2 Å². The van der Waals surface area contributed by atoms with Gasteiger partial charge in [0, 0.05) is 4.90 Å². The van der Waals surface area contributed by atoms with Crippen LogP contribution in [0.5, 0.6) is 0 Å². The fourth-order valence-corrected chi connectivity index (χ4v) is 1.88. The Balaban J connectivity index is 2.43. The molecule has 4 heteroatoms. The van der Waals surface area contributed by atoms with E-state index in [2.05, 4.69) is 5.32 Å². The average Bonchev–Trinajstić information content (AvgIpc) is 2.05. The molecule has 1 aliphatic rings. The van der Waals surface area contributed by atoms with Crippen molar-refractivity contribution in [2.45, 2.75) is 4.90 Å². The quantitative estimate of drug-likeness (QED) is 0.665. The van der Waals surface area contributed by atoms with E-state index >= 15 is 0 Å². The normalized spacial score (nSPS) is 15.2. The predicted octanol–water partition coefficient (Wildman–Crippen LogP) is 1.87. The van der Waals surface area contributed by atoms with Crippen molar-refractivity contribution in [2.75, 3.05) is 11.1 Å². The van der Waals surface area contributed by atoms with Crippen LogP contribution in [0.1, 0.15) is 0 Å². The molecule has 2 nitrogen and oxygen atoms in total. The highest BCUT2D eigenvalue weighted by atomic mass is 32.2. The Morgan fingerprint density at radius 3 is 3.17 bits per heavy atom. The number of hydrogen-bond acceptors (Lipinski definition) is 2. The van der Waals surface area contributed by atoms with E-state index in [1.54, 1.807) is 6.07 Å². The lowest BCUT2D eigenvalue weighted by atomic mass is 10.3. The van der Waals surface area contributed by atoms with Gasteiger partial charge in [-0.2, -0.15) is 0 Å². The maximum atomic E-state index is 12.7. The van der Waals surface area contributed by atoms with Gasteiger partial charge in [-0.15, -0.1) is 11.8 Å². The van der Waals surface area contributed by atoms with Gasteiger partial charge in [0.15, 0.2) is 0 Å². The highest BCUT2D eigenvalue weighted by molar-refractivity contribution is 8.00. The van der Waals surface area contributed by atoms with Crippen LogP contribution in [0.4, 0.5) is 10.1 Å².